The molecule has 1 aliphatic rings. The van der Waals surface area contributed by atoms with Crippen LogP contribution in [-0.2, 0) is 0 Å². The van der Waals surface area contributed by atoms with Crippen molar-refractivity contribution in [2.75, 3.05) is 0 Å². The maximum absolute atomic E-state index is 13.1. The summed E-state index contributed by atoms with van der Waals surface area (Å²) in [6, 6.07) is 5.29. The maximum atomic E-state index is 13.1. The van der Waals surface area contributed by atoms with Gasteiger partial charge in [0.05, 0.1) is 0 Å². The topological polar surface area (TPSA) is 0 Å². The minimum Gasteiger partial charge on any atom is -0.207 e. The van der Waals surface area contributed by atoms with Gasteiger partial charge in [0.1, 0.15) is 5.82 Å². The normalized spacial score (nSPS) is 16.9. The Kier molecular flexibility index (Phi) is 1.87. The van der Waals surface area contributed by atoms with Gasteiger partial charge in [-0.25, -0.2) is 4.39 Å². The molecule has 1 fully saturated rings. The Balaban J connectivity index is 2.48. The van der Waals surface area contributed by atoms with Crippen LogP contribution in [-0.4, -0.2) is 0 Å². The van der Waals surface area contributed by atoms with Gasteiger partial charge in [-0.1, -0.05) is 6.07 Å². The Bertz CT molecular complexity index is 259. The molecule has 1 aromatic rings. The van der Waals surface area contributed by atoms with Crippen molar-refractivity contribution in [3.8, 4) is 0 Å². The molecule has 0 spiro atoms. The van der Waals surface area contributed by atoms with Crippen LogP contribution in [0, 0.1) is 9.39 Å². The van der Waals surface area contributed by atoms with Gasteiger partial charge in [0.2, 0.25) is 0 Å². The molecule has 0 atom stereocenters. The van der Waals surface area contributed by atoms with Gasteiger partial charge < -0.3 is 0 Å². The zero-order chi connectivity index (χ0) is 7.84. The van der Waals surface area contributed by atoms with Gasteiger partial charge in [-0.15, -0.1) is 0 Å². The van der Waals surface area contributed by atoms with E-state index in [1.807, 2.05) is 6.07 Å². The van der Waals surface area contributed by atoms with E-state index in [0.717, 1.165) is 22.0 Å². The van der Waals surface area contributed by atoms with Crippen LogP contribution in [0.2, 0.25) is 0 Å². The van der Waals surface area contributed by atoms with E-state index in [9.17, 15) is 4.39 Å². The van der Waals surface area contributed by atoms with Crippen molar-refractivity contribution in [2.24, 2.45) is 0 Å². The quantitative estimate of drug-likeness (QED) is 0.681. The van der Waals surface area contributed by atoms with E-state index in [4.69, 9.17) is 0 Å². The van der Waals surface area contributed by atoms with E-state index in [1.165, 1.54) is 0 Å². The van der Waals surface area contributed by atoms with Crippen LogP contribution >= 0.6 is 22.6 Å². The van der Waals surface area contributed by atoms with Crippen molar-refractivity contribution in [2.45, 2.75) is 18.8 Å². The summed E-state index contributed by atoms with van der Waals surface area (Å²) in [5, 5.41) is 0. The molecule has 2 rings (SSSR count). The Morgan fingerprint density at radius 3 is 2.64 bits per heavy atom. The Morgan fingerprint density at radius 2 is 2.09 bits per heavy atom. The van der Waals surface area contributed by atoms with E-state index in [1.54, 1.807) is 12.1 Å². The van der Waals surface area contributed by atoms with Crippen LogP contribution in [0.25, 0.3) is 0 Å². The lowest BCUT2D eigenvalue weighted by molar-refractivity contribution is 0.609. The Labute approximate surface area is 78.9 Å². The molecular formula is C9H8FI. The standard InChI is InChI=1S/C9H8FI/c10-7-2-1-3-8(11)9(7)6-4-5-6/h1-3,6H,4-5H2. The molecule has 0 saturated heterocycles. The summed E-state index contributed by atoms with van der Waals surface area (Å²) in [5.41, 5.74) is 0.938. The molecule has 1 aliphatic carbocycles. The van der Waals surface area contributed by atoms with Crippen LogP contribution in [0.4, 0.5) is 4.39 Å². The Hall–Kier alpha value is -0.120. The molecule has 0 aliphatic heterocycles. The number of benzene rings is 1. The summed E-state index contributed by atoms with van der Waals surface area (Å²) in [4.78, 5) is 0. The lowest BCUT2D eigenvalue weighted by Gasteiger charge is -2.02. The van der Waals surface area contributed by atoms with Crippen LogP contribution in [0.5, 0.6) is 0 Å². The smallest absolute Gasteiger partial charge is 0.127 e. The maximum Gasteiger partial charge on any atom is 0.127 e. The van der Waals surface area contributed by atoms with E-state index in [-0.39, 0.29) is 5.82 Å². The van der Waals surface area contributed by atoms with Gasteiger partial charge in [-0.05, 0) is 53.5 Å². The molecular weight excluding hydrogens is 254 g/mol. The molecule has 0 N–H and O–H groups in total. The molecule has 0 unspecified atom stereocenters. The van der Waals surface area contributed by atoms with Crippen molar-refractivity contribution >= 4 is 22.6 Å². The van der Waals surface area contributed by atoms with E-state index in [2.05, 4.69) is 22.6 Å². The number of halogens is 2. The van der Waals surface area contributed by atoms with Crippen molar-refractivity contribution in [3.05, 3.63) is 33.1 Å². The van der Waals surface area contributed by atoms with Crippen molar-refractivity contribution in [1.82, 2.24) is 0 Å². The molecule has 0 aromatic heterocycles. The zero-order valence-corrected chi connectivity index (χ0v) is 8.14. The summed E-state index contributed by atoms with van der Waals surface area (Å²) in [6.07, 6.45) is 2.33. The molecule has 1 aromatic carbocycles. The highest BCUT2D eigenvalue weighted by Gasteiger charge is 2.28. The minimum atomic E-state index is -0.0283. The van der Waals surface area contributed by atoms with Gasteiger partial charge in [-0.3, -0.25) is 0 Å². The first-order valence-corrected chi connectivity index (χ1v) is 4.81. The van der Waals surface area contributed by atoms with Crippen LogP contribution in [0.1, 0.15) is 24.3 Å². The monoisotopic (exact) mass is 262 g/mol. The van der Waals surface area contributed by atoms with Crippen molar-refractivity contribution in [1.29, 1.82) is 0 Å². The summed E-state index contributed by atoms with van der Waals surface area (Å²) in [5.74, 6) is 0.488. The highest BCUT2D eigenvalue weighted by molar-refractivity contribution is 14.1. The summed E-state index contributed by atoms with van der Waals surface area (Å²) in [7, 11) is 0. The highest BCUT2D eigenvalue weighted by atomic mass is 127. The molecule has 0 radical (unpaired) electrons. The summed E-state index contributed by atoms with van der Waals surface area (Å²) in [6.45, 7) is 0. The van der Waals surface area contributed by atoms with Crippen molar-refractivity contribution in [3.63, 3.8) is 0 Å². The van der Waals surface area contributed by atoms with E-state index < -0.39 is 0 Å². The number of hydrogen-bond acceptors (Lipinski definition) is 0. The van der Waals surface area contributed by atoms with Crippen molar-refractivity contribution < 1.29 is 4.39 Å². The molecule has 11 heavy (non-hydrogen) atoms. The predicted molar refractivity (Wildman–Crippen MR) is 51.1 cm³/mol. The summed E-state index contributed by atoms with van der Waals surface area (Å²) < 4.78 is 14.2. The lowest BCUT2D eigenvalue weighted by Crippen LogP contribution is -1.90. The Morgan fingerprint density at radius 1 is 1.36 bits per heavy atom. The van der Waals surface area contributed by atoms with Crippen LogP contribution in [0.3, 0.4) is 0 Å². The van der Waals surface area contributed by atoms with E-state index >= 15 is 0 Å². The fourth-order valence-corrected chi connectivity index (χ4v) is 2.18. The second-order valence-electron chi connectivity index (χ2n) is 2.91. The number of rotatable bonds is 1. The highest BCUT2D eigenvalue weighted by Crippen LogP contribution is 2.43. The van der Waals surface area contributed by atoms with Crippen LogP contribution in [0.15, 0.2) is 18.2 Å². The van der Waals surface area contributed by atoms with Gasteiger partial charge in [-0.2, -0.15) is 0 Å². The second-order valence-corrected chi connectivity index (χ2v) is 4.07. The largest absolute Gasteiger partial charge is 0.207 e. The molecule has 1 saturated carbocycles. The van der Waals surface area contributed by atoms with Crippen LogP contribution < -0.4 is 0 Å². The zero-order valence-electron chi connectivity index (χ0n) is 5.98. The van der Waals surface area contributed by atoms with Gasteiger partial charge in [0.15, 0.2) is 0 Å². The molecule has 58 valence electrons. The molecule has 0 bridgehead atoms. The summed E-state index contributed by atoms with van der Waals surface area (Å²) >= 11 is 2.20. The third kappa shape index (κ3) is 1.41. The molecule has 0 heterocycles. The molecule has 2 heteroatoms. The first kappa shape index (κ1) is 7.53. The third-order valence-corrected chi connectivity index (χ3v) is 2.93. The van der Waals surface area contributed by atoms with Gasteiger partial charge in [0, 0.05) is 9.13 Å². The number of hydrogen-bond donors (Lipinski definition) is 0. The fraction of sp³-hybridized carbons (Fsp3) is 0.333. The second kappa shape index (κ2) is 2.73. The average Bonchev–Trinajstić information content (AvgIpc) is 2.70. The minimum absolute atomic E-state index is 0.0283. The van der Waals surface area contributed by atoms with Gasteiger partial charge >= 0.3 is 0 Å². The molecule has 0 amide bonds. The first-order valence-electron chi connectivity index (χ1n) is 3.73. The SMILES string of the molecule is Fc1cccc(I)c1C1CC1. The predicted octanol–water partition coefficient (Wildman–Crippen LogP) is 3.31. The lowest BCUT2D eigenvalue weighted by atomic mass is 10.1. The third-order valence-electron chi connectivity index (χ3n) is 1.99. The van der Waals surface area contributed by atoms with E-state index in [0.29, 0.717) is 5.92 Å². The average molecular weight is 262 g/mol. The first-order chi connectivity index (χ1) is 5.29. The fourth-order valence-electron chi connectivity index (χ4n) is 1.27. The molecule has 0 nitrogen and oxygen atoms in total. The van der Waals surface area contributed by atoms with Gasteiger partial charge in [0.25, 0.3) is 0 Å².